The molecule has 1 heterocycles. The van der Waals surface area contributed by atoms with Crippen LogP contribution in [0.1, 0.15) is 11.1 Å². The topological polar surface area (TPSA) is 30.0 Å². The van der Waals surface area contributed by atoms with Crippen molar-refractivity contribution >= 4 is 6.29 Å². The van der Waals surface area contributed by atoms with E-state index in [1.54, 1.807) is 18.5 Å². The number of pyridine rings is 1. The summed E-state index contributed by atoms with van der Waals surface area (Å²) in [7, 11) is 0. The lowest BCUT2D eigenvalue weighted by molar-refractivity contribution is -0.103. The minimum absolute atomic E-state index is 0.583. The number of aryl methyl sites for hydroxylation is 1. The number of rotatable bonds is 0. The molecule has 1 aromatic rings. The molecule has 0 spiro atoms. The van der Waals surface area contributed by atoms with Gasteiger partial charge in [-0.25, -0.2) is 0 Å². The molecule has 11 heavy (non-hydrogen) atoms. The van der Waals surface area contributed by atoms with E-state index < -0.39 is 0 Å². The SMILES string of the molecule is Cc1cnccc1C#CC=O. The Hall–Kier alpha value is -1.62. The quantitative estimate of drug-likeness (QED) is 0.401. The van der Waals surface area contributed by atoms with Crippen molar-refractivity contribution in [1.82, 2.24) is 4.98 Å². The summed E-state index contributed by atoms with van der Waals surface area (Å²) in [5.74, 6) is 5.05. The Balaban J connectivity index is 3.03. The molecule has 0 aliphatic carbocycles. The maximum Gasteiger partial charge on any atom is 0.193 e. The van der Waals surface area contributed by atoms with Crippen molar-refractivity contribution in [2.75, 3.05) is 0 Å². The number of hydrogen-bond donors (Lipinski definition) is 0. The van der Waals surface area contributed by atoms with Crippen LogP contribution in [0.3, 0.4) is 0 Å². The van der Waals surface area contributed by atoms with E-state index in [-0.39, 0.29) is 0 Å². The maximum atomic E-state index is 9.90. The zero-order valence-corrected chi connectivity index (χ0v) is 6.16. The first-order chi connectivity index (χ1) is 5.34. The number of aromatic nitrogens is 1. The van der Waals surface area contributed by atoms with E-state index in [4.69, 9.17) is 0 Å². The Kier molecular flexibility index (Phi) is 2.40. The molecule has 2 heteroatoms. The average Bonchev–Trinajstić information content (AvgIpc) is 2.03. The Morgan fingerprint density at radius 2 is 2.45 bits per heavy atom. The Labute approximate surface area is 65.3 Å². The molecule has 0 aliphatic rings. The summed E-state index contributed by atoms with van der Waals surface area (Å²) < 4.78 is 0. The first-order valence-electron chi connectivity index (χ1n) is 3.20. The second-order valence-electron chi connectivity index (χ2n) is 2.08. The smallest absolute Gasteiger partial charge is 0.193 e. The lowest BCUT2D eigenvalue weighted by atomic mass is 10.2. The van der Waals surface area contributed by atoms with Crippen LogP contribution in [0.5, 0.6) is 0 Å². The van der Waals surface area contributed by atoms with Crippen molar-refractivity contribution in [3.8, 4) is 11.8 Å². The molecule has 1 rings (SSSR count). The molecule has 0 aliphatic heterocycles. The fraction of sp³-hybridized carbons (Fsp3) is 0.111. The van der Waals surface area contributed by atoms with E-state index in [9.17, 15) is 4.79 Å². The van der Waals surface area contributed by atoms with Crippen molar-refractivity contribution in [2.24, 2.45) is 0 Å². The zero-order valence-electron chi connectivity index (χ0n) is 6.16. The molecule has 0 radical (unpaired) electrons. The monoisotopic (exact) mass is 145 g/mol. The molecule has 0 saturated carbocycles. The summed E-state index contributed by atoms with van der Waals surface area (Å²) in [5.41, 5.74) is 1.84. The summed E-state index contributed by atoms with van der Waals surface area (Å²) in [6.45, 7) is 1.90. The van der Waals surface area contributed by atoms with Gasteiger partial charge in [0.05, 0.1) is 0 Å². The fourth-order valence-electron chi connectivity index (χ4n) is 0.721. The molecular weight excluding hydrogens is 138 g/mol. The third kappa shape index (κ3) is 1.91. The molecule has 0 aromatic carbocycles. The summed E-state index contributed by atoms with van der Waals surface area (Å²) in [4.78, 5) is 13.8. The first-order valence-corrected chi connectivity index (χ1v) is 3.20. The highest BCUT2D eigenvalue weighted by Crippen LogP contribution is 2.01. The van der Waals surface area contributed by atoms with Crippen LogP contribution >= 0.6 is 0 Å². The molecular formula is C9H7NO. The molecule has 0 N–H and O–H groups in total. The second-order valence-corrected chi connectivity index (χ2v) is 2.08. The standard InChI is InChI=1S/C9H7NO/c1-8-7-10-5-4-9(8)3-2-6-11/h4-7H,1H3. The summed E-state index contributed by atoms with van der Waals surface area (Å²) in [6, 6.07) is 1.78. The number of hydrogen-bond acceptors (Lipinski definition) is 2. The van der Waals surface area contributed by atoms with Gasteiger partial charge in [-0.1, -0.05) is 5.92 Å². The van der Waals surface area contributed by atoms with Crippen LogP contribution in [0, 0.1) is 18.8 Å². The lowest BCUT2D eigenvalue weighted by Crippen LogP contribution is -1.82. The van der Waals surface area contributed by atoms with E-state index in [0.29, 0.717) is 6.29 Å². The Morgan fingerprint density at radius 3 is 3.09 bits per heavy atom. The van der Waals surface area contributed by atoms with Crippen LogP contribution in [-0.2, 0) is 4.79 Å². The number of aldehydes is 1. The Morgan fingerprint density at radius 1 is 1.64 bits per heavy atom. The summed E-state index contributed by atoms with van der Waals surface area (Å²) >= 11 is 0. The van der Waals surface area contributed by atoms with Gasteiger partial charge in [0.1, 0.15) is 0 Å². The molecule has 0 fully saturated rings. The van der Waals surface area contributed by atoms with Gasteiger partial charge in [-0.3, -0.25) is 9.78 Å². The molecule has 54 valence electrons. The Bertz CT molecular complexity index is 320. The molecule has 1 aromatic heterocycles. The minimum atomic E-state index is 0.583. The zero-order chi connectivity index (χ0) is 8.10. The van der Waals surface area contributed by atoms with Gasteiger partial charge < -0.3 is 0 Å². The molecule has 0 bridgehead atoms. The van der Waals surface area contributed by atoms with Gasteiger partial charge in [-0.2, -0.15) is 0 Å². The predicted octanol–water partition coefficient (Wildman–Crippen LogP) is 0.940. The van der Waals surface area contributed by atoms with E-state index in [2.05, 4.69) is 16.8 Å². The van der Waals surface area contributed by atoms with Gasteiger partial charge in [0.15, 0.2) is 6.29 Å². The molecule has 0 unspecified atom stereocenters. The molecule has 0 atom stereocenters. The highest BCUT2D eigenvalue weighted by Gasteiger charge is 1.89. The van der Waals surface area contributed by atoms with Gasteiger partial charge in [-0.15, -0.1) is 0 Å². The van der Waals surface area contributed by atoms with Crippen molar-refractivity contribution in [2.45, 2.75) is 6.92 Å². The van der Waals surface area contributed by atoms with Crippen molar-refractivity contribution < 1.29 is 4.79 Å². The maximum absolute atomic E-state index is 9.90. The van der Waals surface area contributed by atoms with E-state index >= 15 is 0 Å². The second kappa shape index (κ2) is 3.52. The largest absolute Gasteiger partial charge is 0.289 e. The van der Waals surface area contributed by atoms with E-state index in [0.717, 1.165) is 11.1 Å². The summed E-state index contributed by atoms with van der Waals surface area (Å²) in [5, 5.41) is 0. The number of carbonyl (C=O) groups is 1. The van der Waals surface area contributed by atoms with Gasteiger partial charge in [0, 0.05) is 18.0 Å². The van der Waals surface area contributed by atoms with E-state index in [1.807, 2.05) is 6.92 Å². The van der Waals surface area contributed by atoms with Crippen LogP contribution < -0.4 is 0 Å². The van der Waals surface area contributed by atoms with Crippen LogP contribution in [0.15, 0.2) is 18.5 Å². The molecule has 0 amide bonds. The van der Waals surface area contributed by atoms with Crippen LogP contribution in [0.25, 0.3) is 0 Å². The first kappa shape index (κ1) is 7.49. The third-order valence-electron chi connectivity index (χ3n) is 1.29. The van der Waals surface area contributed by atoms with Crippen molar-refractivity contribution in [1.29, 1.82) is 0 Å². The molecule has 2 nitrogen and oxygen atoms in total. The van der Waals surface area contributed by atoms with Crippen molar-refractivity contribution in [3.63, 3.8) is 0 Å². The number of carbonyl (C=O) groups excluding carboxylic acids is 1. The predicted molar refractivity (Wildman–Crippen MR) is 41.9 cm³/mol. The molecule has 0 saturated heterocycles. The van der Waals surface area contributed by atoms with Crippen LogP contribution in [0.4, 0.5) is 0 Å². The van der Waals surface area contributed by atoms with Crippen molar-refractivity contribution in [3.05, 3.63) is 29.6 Å². The van der Waals surface area contributed by atoms with Crippen LogP contribution in [0.2, 0.25) is 0 Å². The van der Waals surface area contributed by atoms with Crippen LogP contribution in [-0.4, -0.2) is 11.3 Å². The normalized spacial score (nSPS) is 8.09. The fourth-order valence-corrected chi connectivity index (χ4v) is 0.721. The third-order valence-corrected chi connectivity index (χ3v) is 1.29. The van der Waals surface area contributed by atoms with E-state index in [1.165, 1.54) is 0 Å². The van der Waals surface area contributed by atoms with Gasteiger partial charge in [0.2, 0.25) is 0 Å². The highest BCUT2D eigenvalue weighted by atomic mass is 16.1. The minimum Gasteiger partial charge on any atom is -0.289 e. The summed E-state index contributed by atoms with van der Waals surface area (Å²) in [6.07, 6.45) is 3.95. The lowest BCUT2D eigenvalue weighted by Gasteiger charge is -1.92. The average molecular weight is 145 g/mol. The van der Waals surface area contributed by atoms with Gasteiger partial charge in [0.25, 0.3) is 0 Å². The van der Waals surface area contributed by atoms with Gasteiger partial charge in [-0.05, 0) is 24.5 Å². The van der Waals surface area contributed by atoms with Gasteiger partial charge >= 0.3 is 0 Å². The number of nitrogens with zero attached hydrogens (tertiary/aromatic N) is 1. The highest BCUT2D eigenvalue weighted by molar-refractivity contribution is 5.74.